The van der Waals surface area contributed by atoms with E-state index in [0.29, 0.717) is 5.82 Å². The number of methoxy groups -OCH3 is 1. The zero-order valence-electron chi connectivity index (χ0n) is 15.5. The van der Waals surface area contributed by atoms with E-state index in [1.54, 1.807) is 13.1 Å². The molecule has 0 aliphatic heterocycles. The average Bonchev–Trinajstić information content (AvgIpc) is 2.97. The van der Waals surface area contributed by atoms with Gasteiger partial charge in [-0.05, 0) is 32.3 Å². The molecule has 0 aliphatic carbocycles. The lowest BCUT2D eigenvalue weighted by Crippen LogP contribution is -2.20. The van der Waals surface area contributed by atoms with Crippen LogP contribution in [0, 0.1) is 13.8 Å². The molecule has 0 spiro atoms. The highest BCUT2D eigenvalue weighted by molar-refractivity contribution is 5.84. The van der Waals surface area contributed by atoms with E-state index >= 15 is 0 Å². The first kappa shape index (κ1) is 20.3. The monoisotopic (exact) mass is 375 g/mol. The van der Waals surface area contributed by atoms with Gasteiger partial charge >= 0.3 is 11.7 Å². The molecular weight excluding hydrogens is 353 g/mol. The standard InChI is InChI=1S/C19H22FN3O4/c1-13-7-9-15(10-8-13)11-21-17(18(24)26-3)6-4-5-16(20)12-23-14(2)22-27-19(23)25/h5,7-11,17H,4,6,12H2,1-3H3/b16-5+,21-11?. The highest BCUT2D eigenvalue weighted by Crippen LogP contribution is 2.10. The summed E-state index contributed by atoms with van der Waals surface area (Å²) in [5.74, 6) is -1.43. The van der Waals surface area contributed by atoms with Crippen LogP contribution in [-0.4, -0.2) is 35.1 Å². The molecule has 2 rings (SSSR count). The molecule has 0 bridgehead atoms. The third-order valence-electron chi connectivity index (χ3n) is 3.94. The number of rotatable bonds is 8. The van der Waals surface area contributed by atoms with Crippen molar-refractivity contribution in [2.45, 2.75) is 39.3 Å². The van der Waals surface area contributed by atoms with Crippen LogP contribution in [0.3, 0.4) is 0 Å². The minimum Gasteiger partial charge on any atom is -0.467 e. The first-order valence-corrected chi connectivity index (χ1v) is 8.46. The number of aromatic nitrogens is 2. The Kier molecular flexibility index (Phi) is 7.22. The van der Waals surface area contributed by atoms with E-state index < -0.39 is 23.6 Å². The number of carbonyl (C=O) groups excluding carboxylic acids is 1. The van der Waals surface area contributed by atoms with Crippen LogP contribution in [0.25, 0.3) is 0 Å². The van der Waals surface area contributed by atoms with Crippen molar-refractivity contribution in [3.8, 4) is 0 Å². The van der Waals surface area contributed by atoms with Gasteiger partial charge < -0.3 is 4.74 Å². The van der Waals surface area contributed by atoms with Crippen molar-refractivity contribution >= 4 is 12.2 Å². The molecule has 1 heterocycles. The predicted molar refractivity (Wildman–Crippen MR) is 98.5 cm³/mol. The number of nitrogens with zero attached hydrogens (tertiary/aromatic N) is 3. The molecule has 1 aromatic heterocycles. The molecule has 0 aliphatic rings. The summed E-state index contributed by atoms with van der Waals surface area (Å²) in [5, 5.41) is 3.47. The number of benzene rings is 1. The molecule has 0 saturated carbocycles. The molecule has 8 heteroatoms. The number of carbonyl (C=O) groups is 1. The van der Waals surface area contributed by atoms with Gasteiger partial charge in [0.05, 0.1) is 13.7 Å². The summed E-state index contributed by atoms with van der Waals surface area (Å²) in [6.07, 6.45) is 3.45. The van der Waals surface area contributed by atoms with E-state index in [-0.39, 0.29) is 19.4 Å². The van der Waals surface area contributed by atoms with E-state index in [4.69, 9.17) is 4.74 Å². The fourth-order valence-electron chi connectivity index (χ4n) is 2.35. The summed E-state index contributed by atoms with van der Waals surface area (Å²) in [6.45, 7) is 3.27. The minimum atomic E-state index is -0.736. The van der Waals surface area contributed by atoms with Crippen molar-refractivity contribution in [3.63, 3.8) is 0 Å². The lowest BCUT2D eigenvalue weighted by atomic mass is 10.1. The molecule has 0 fully saturated rings. The number of hydrogen-bond donors (Lipinski definition) is 0. The minimum absolute atomic E-state index is 0.260. The zero-order valence-corrected chi connectivity index (χ0v) is 15.5. The maximum atomic E-state index is 14.0. The Morgan fingerprint density at radius 3 is 2.67 bits per heavy atom. The maximum Gasteiger partial charge on any atom is 0.441 e. The number of halogens is 1. The van der Waals surface area contributed by atoms with E-state index in [1.807, 2.05) is 31.2 Å². The SMILES string of the molecule is COC(=O)C(CC/C=C(/F)Cn1c(C)noc1=O)N=Cc1ccc(C)cc1. The van der Waals surface area contributed by atoms with E-state index in [2.05, 4.69) is 14.7 Å². The molecule has 2 aromatic rings. The first-order valence-electron chi connectivity index (χ1n) is 8.46. The van der Waals surface area contributed by atoms with Crippen LogP contribution in [0.1, 0.15) is 29.8 Å². The lowest BCUT2D eigenvalue weighted by molar-refractivity contribution is -0.142. The summed E-state index contributed by atoms with van der Waals surface area (Å²) < 4.78 is 24.3. The van der Waals surface area contributed by atoms with Crippen LogP contribution in [0.2, 0.25) is 0 Å². The molecule has 27 heavy (non-hydrogen) atoms. The fraction of sp³-hybridized carbons (Fsp3) is 0.368. The molecule has 1 unspecified atom stereocenters. The van der Waals surface area contributed by atoms with Crippen LogP contribution in [0.15, 0.2) is 50.5 Å². The first-order chi connectivity index (χ1) is 12.9. The molecular formula is C19H22FN3O4. The Labute approximate surface area is 156 Å². The van der Waals surface area contributed by atoms with Gasteiger partial charge in [0.2, 0.25) is 0 Å². The van der Waals surface area contributed by atoms with Gasteiger partial charge in [-0.25, -0.2) is 14.0 Å². The van der Waals surface area contributed by atoms with Gasteiger partial charge in [-0.1, -0.05) is 41.1 Å². The summed E-state index contributed by atoms with van der Waals surface area (Å²) in [4.78, 5) is 27.5. The normalized spacial score (nSPS) is 13.1. The second-order valence-electron chi connectivity index (χ2n) is 6.04. The number of aryl methyl sites for hydroxylation is 2. The molecule has 0 radical (unpaired) electrons. The summed E-state index contributed by atoms with van der Waals surface area (Å²) in [6, 6.07) is 6.94. The Balaban J connectivity index is 1.98. The zero-order chi connectivity index (χ0) is 19.8. The third kappa shape index (κ3) is 6.02. The van der Waals surface area contributed by atoms with Crippen molar-refractivity contribution in [2.24, 2.45) is 4.99 Å². The Morgan fingerprint density at radius 1 is 1.37 bits per heavy atom. The van der Waals surface area contributed by atoms with Gasteiger partial charge in [0.1, 0.15) is 11.9 Å². The topological polar surface area (TPSA) is 86.7 Å². The Hall–Kier alpha value is -3.03. The number of ether oxygens (including phenoxy) is 1. The van der Waals surface area contributed by atoms with Gasteiger partial charge in [0, 0.05) is 6.21 Å². The van der Waals surface area contributed by atoms with Crippen molar-refractivity contribution in [1.29, 1.82) is 0 Å². The molecule has 0 N–H and O–H groups in total. The van der Waals surface area contributed by atoms with E-state index in [0.717, 1.165) is 15.7 Å². The Bertz CT molecular complexity index is 881. The lowest BCUT2D eigenvalue weighted by Gasteiger charge is -2.09. The smallest absolute Gasteiger partial charge is 0.441 e. The average molecular weight is 375 g/mol. The van der Waals surface area contributed by atoms with Gasteiger partial charge in [-0.2, -0.15) is 0 Å². The molecule has 1 atom stereocenters. The van der Waals surface area contributed by atoms with Crippen LogP contribution in [0.5, 0.6) is 0 Å². The molecule has 0 amide bonds. The second-order valence-corrected chi connectivity index (χ2v) is 6.04. The number of aliphatic imine (C=N–C) groups is 1. The summed E-state index contributed by atoms with van der Waals surface area (Å²) in [7, 11) is 1.29. The van der Waals surface area contributed by atoms with Crippen molar-refractivity contribution in [3.05, 3.63) is 63.7 Å². The van der Waals surface area contributed by atoms with Crippen LogP contribution >= 0.6 is 0 Å². The molecule has 7 nitrogen and oxygen atoms in total. The van der Waals surface area contributed by atoms with Gasteiger partial charge in [-0.3, -0.25) is 14.1 Å². The largest absolute Gasteiger partial charge is 0.467 e. The van der Waals surface area contributed by atoms with Crippen molar-refractivity contribution in [2.75, 3.05) is 7.11 Å². The number of allylic oxidation sites excluding steroid dienone is 2. The van der Waals surface area contributed by atoms with E-state index in [1.165, 1.54) is 13.2 Å². The fourth-order valence-corrected chi connectivity index (χ4v) is 2.35. The van der Waals surface area contributed by atoms with Crippen molar-refractivity contribution in [1.82, 2.24) is 9.72 Å². The predicted octanol–water partition coefficient (Wildman–Crippen LogP) is 2.75. The number of esters is 1. The van der Waals surface area contributed by atoms with Crippen LogP contribution in [0.4, 0.5) is 4.39 Å². The molecule has 144 valence electrons. The quantitative estimate of drug-likeness (QED) is 0.523. The molecule has 1 aromatic carbocycles. The second kappa shape index (κ2) is 9.61. The molecule has 0 saturated heterocycles. The summed E-state index contributed by atoms with van der Waals surface area (Å²) >= 11 is 0. The third-order valence-corrected chi connectivity index (χ3v) is 3.94. The van der Waals surface area contributed by atoms with Crippen LogP contribution in [-0.2, 0) is 16.1 Å². The van der Waals surface area contributed by atoms with Crippen molar-refractivity contribution < 1.29 is 18.4 Å². The van der Waals surface area contributed by atoms with Gasteiger partial charge in [0.15, 0.2) is 5.82 Å². The number of hydrogen-bond acceptors (Lipinski definition) is 6. The van der Waals surface area contributed by atoms with Gasteiger partial charge in [0.25, 0.3) is 0 Å². The highest BCUT2D eigenvalue weighted by atomic mass is 19.1. The van der Waals surface area contributed by atoms with Gasteiger partial charge in [-0.15, -0.1) is 0 Å². The summed E-state index contributed by atoms with van der Waals surface area (Å²) in [5.41, 5.74) is 1.98. The maximum absolute atomic E-state index is 14.0. The highest BCUT2D eigenvalue weighted by Gasteiger charge is 2.17. The Morgan fingerprint density at radius 2 is 2.07 bits per heavy atom. The van der Waals surface area contributed by atoms with E-state index in [9.17, 15) is 14.0 Å². The van der Waals surface area contributed by atoms with Crippen LogP contribution < -0.4 is 5.76 Å².